The molecule has 3 rings (SSSR count). The van der Waals surface area contributed by atoms with Crippen molar-refractivity contribution in [2.24, 2.45) is 10.9 Å². The minimum absolute atomic E-state index is 0.0464. The molecular weight excluding hydrogens is 432 g/mol. The summed E-state index contributed by atoms with van der Waals surface area (Å²) in [5, 5.41) is 19.7. The van der Waals surface area contributed by atoms with Crippen molar-refractivity contribution in [3.05, 3.63) is 53.9 Å². The maximum Gasteiger partial charge on any atom is 0.303 e. The van der Waals surface area contributed by atoms with Gasteiger partial charge >= 0.3 is 5.97 Å². The summed E-state index contributed by atoms with van der Waals surface area (Å²) in [5.74, 6) is 1.13. The molecule has 1 atom stereocenters. The van der Waals surface area contributed by atoms with Crippen LogP contribution in [0.3, 0.4) is 0 Å². The van der Waals surface area contributed by atoms with Gasteiger partial charge in [0.05, 0.1) is 31.1 Å². The molecule has 0 saturated carbocycles. The lowest BCUT2D eigenvalue weighted by Crippen LogP contribution is -2.23. The van der Waals surface area contributed by atoms with Crippen LogP contribution < -0.4 is 15.0 Å². The van der Waals surface area contributed by atoms with E-state index in [1.807, 2.05) is 49.4 Å². The van der Waals surface area contributed by atoms with Gasteiger partial charge in [0.1, 0.15) is 5.75 Å². The fraction of sp³-hybridized carbons (Fsp3) is 0.360. The highest BCUT2D eigenvalue weighted by atomic mass is 16.5. The van der Waals surface area contributed by atoms with Crippen LogP contribution in [0.4, 0.5) is 23.0 Å². The number of H-pyrrole nitrogens is 1. The molecule has 0 aliphatic heterocycles. The number of aromatic amines is 1. The zero-order valence-corrected chi connectivity index (χ0v) is 20.2. The molecule has 0 aliphatic carbocycles. The van der Waals surface area contributed by atoms with E-state index in [1.54, 1.807) is 20.4 Å². The first-order chi connectivity index (χ1) is 16.3. The smallest absolute Gasteiger partial charge is 0.303 e. The number of aromatic nitrogens is 3. The number of aliphatic imine (C=N–C) groups is 1. The molecule has 180 valence electrons. The van der Waals surface area contributed by atoms with E-state index in [0.29, 0.717) is 17.7 Å². The molecule has 0 bridgehead atoms. The van der Waals surface area contributed by atoms with E-state index in [0.717, 1.165) is 34.9 Å². The fourth-order valence-corrected chi connectivity index (χ4v) is 3.68. The number of carboxylic acids is 1. The summed E-state index contributed by atoms with van der Waals surface area (Å²) in [5.41, 5.74) is 3.64. The van der Waals surface area contributed by atoms with Gasteiger partial charge in [0.25, 0.3) is 0 Å². The molecule has 3 N–H and O–H groups in total. The Morgan fingerprint density at radius 2 is 1.97 bits per heavy atom. The van der Waals surface area contributed by atoms with Gasteiger partial charge in [0.2, 0.25) is 5.95 Å². The van der Waals surface area contributed by atoms with Crippen molar-refractivity contribution in [3.63, 3.8) is 0 Å². The minimum atomic E-state index is -0.830. The van der Waals surface area contributed by atoms with Crippen molar-refractivity contribution in [2.75, 3.05) is 30.9 Å². The predicted octanol–water partition coefficient (Wildman–Crippen LogP) is 4.98. The molecule has 9 nitrogen and oxygen atoms in total. The number of carbonyl (C=O) groups is 1. The van der Waals surface area contributed by atoms with Crippen LogP contribution in [0.2, 0.25) is 0 Å². The molecule has 0 aliphatic rings. The Balaban J connectivity index is 2.07. The topological polar surface area (TPSA) is 116 Å². The maximum atomic E-state index is 11.3. The number of nitrogens with one attached hydrogen (secondary N) is 2. The van der Waals surface area contributed by atoms with Crippen LogP contribution in [-0.2, 0) is 4.79 Å². The van der Waals surface area contributed by atoms with Gasteiger partial charge in [-0.25, -0.2) is 0 Å². The van der Waals surface area contributed by atoms with Gasteiger partial charge in [0, 0.05) is 19.3 Å². The van der Waals surface area contributed by atoms with Crippen LogP contribution in [0.15, 0.2) is 47.5 Å². The van der Waals surface area contributed by atoms with Crippen LogP contribution in [0.25, 0.3) is 0 Å². The Kier molecular flexibility index (Phi) is 8.24. The summed E-state index contributed by atoms with van der Waals surface area (Å²) < 4.78 is 5.32. The van der Waals surface area contributed by atoms with Crippen molar-refractivity contribution in [1.29, 1.82) is 0 Å². The predicted molar refractivity (Wildman–Crippen MR) is 135 cm³/mol. The van der Waals surface area contributed by atoms with E-state index in [9.17, 15) is 9.90 Å². The second-order valence-corrected chi connectivity index (χ2v) is 8.53. The third-order valence-corrected chi connectivity index (χ3v) is 5.29. The summed E-state index contributed by atoms with van der Waals surface area (Å²) in [6.45, 7) is 7.01. The molecule has 0 amide bonds. The first-order valence-electron chi connectivity index (χ1n) is 11.2. The van der Waals surface area contributed by atoms with Gasteiger partial charge < -0.3 is 20.1 Å². The van der Waals surface area contributed by atoms with Crippen LogP contribution in [0, 0.1) is 5.92 Å². The maximum absolute atomic E-state index is 11.3. The third kappa shape index (κ3) is 6.34. The second-order valence-electron chi connectivity index (χ2n) is 8.53. The van der Waals surface area contributed by atoms with E-state index in [4.69, 9.17) is 4.74 Å². The lowest BCUT2D eigenvalue weighted by atomic mass is 9.96. The standard InChI is InChI=1S/C25H32N6O3/c1-16(2)15-31(19-7-9-20(34-5)10-8-19)22-11-6-18(17(3)12-24(32)33)13-21(22)27-25-28-23(14-26-4)29-30-25/h6-11,13-14,16-17H,12,15H2,1-5H3,(H,32,33)(H2,27,28,29,30)/b26-14+/t17-/m1/s1. The summed E-state index contributed by atoms with van der Waals surface area (Å²) in [4.78, 5) is 21.9. The van der Waals surface area contributed by atoms with Crippen molar-refractivity contribution < 1.29 is 14.6 Å². The van der Waals surface area contributed by atoms with Gasteiger partial charge in [0.15, 0.2) is 5.82 Å². The largest absolute Gasteiger partial charge is 0.497 e. The second kappa shape index (κ2) is 11.3. The monoisotopic (exact) mass is 464 g/mol. The molecule has 0 spiro atoms. The quantitative estimate of drug-likeness (QED) is 0.343. The first-order valence-corrected chi connectivity index (χ1v) is 11.2. The Bertz CT molecular complexity index is 1120. The highest BCUT2D eigenvalue weighted by molar-refractivity contribution is 5.81. The molecule has 0 fully saturated rings. The number of methoxy groups -OCH3 is 1. The highest BCUT2D eigenvalue weighted by Gasteiger charge is 2.19. The van der Waals surface area contributed by atoms with E-state index in [2.05, 4.69) is 44.2 Å². The summed E-state index contributed by atoms with van der Waals surface area (Å²) in [6.07, 6.45) is 1.64. The van der Waals surface area contributed by atoms with Gasteiger partial charge in [-0.05, 0) is 53.8 Å². The van der Waals surface area contributed by atoms with Crippen LogP contribution in [0.1, 0.15) is 44.5 Å². The van der Waals surface area contributed by atoms with Crippen molar-refractivity contribution in [2.45, 2.75) is 33.1 Å². The molecular formula is C25H32N6O3. The zero-order chi connectivity index (χ0) is 24.7. The summed E-state index contributed by atoms with van der Waals surface area (Å²) in [6, 6.07) is 13.9. The number of hydrogen-bond donors (Lipinski definition) is 3. The number of anilines is 4. The van der Waals surface area contributed by atoms with Crippen LogP contribution >= 0.6 is 0 Å². The lowest BCUT2D eigenvalue weighted by molar-refractivity contribution is -0.137. The number of benzene rings is 2. The zero-order valence-electron chi connectivity index (χ0n) is 20.2. The van der Waals surface area contributed by atoms with E-state index < -0.39 is 5.97 Å². The van der Waals surface area contributed by atoms with E-state index in [1.165, 1.54) is 0 Å². The number of carboxylic acid groups (broad SMARTS) is 1. The number of hydrogen-bond acceptors (Lipinski definition) is 7. The first kappa shape index (κ1) is 24.8. The summed E-state index contributed by atoms with van der Waals surface area (Å²) in [7, 11) is 3.31. The van der Waals surface area contributed by atoms with E-state index >= 15 is 0 Å². The van der Waals surface area contributed by atoms with Crippen LogP contribution in [0.5, 0.6) is 5.75 Å². The number of nitrogens with zero attached hydrogens (tertiary/aromatic N) is 4. The molecule has 9 heteroatoms. The molecule has 34 heavy (non-hydrogen) atoms. The number of rotatable bonds is 11. The van der Waals surface area contributed by atoms with E-state index in [-0.39, 0.29) is 12.3 Å². The van der Waals surface area contributed by atoms with Gasteiger partial charge in [-0.1, -0.05) is 26.8 Å². The molecule has 0 unspecified atom stereocenters. The third-order valence-electron chi connectivity index (χ3n) is 5.29. The van der Waals surface area contributed by atoms with Crippen molar-refractivity contribution in [1.82, 2.24) is 15.2 Å². The average Bonchev–Trinajstić information content (AvgIpc) is 3.24. The van der Waals surface area contributed by atoms with Crippen molar-refractivity contribution >= 4 is 35.2 Å². The molecule has 1 heterocycles. The van der Waals surface area contributed by atoms with Gasteiger partial charge in [-0.15, -0.1) is 5.10 Å². The lowest BCUT2D eigenvalue weighted by Gasteiger charge is -2.29. The number of ether oxygens (including phenoxy) is 1. The average molecular weight is 465 g/mol. The normalized spacial score (nSPS) is 12.2. The highest BCUT2D eigenvalue weighted by Crippen LogP contribution is 2.37. The summed E-state index contributed by atoms with van der Waals surface area (Å²) >= 11 is 0. The Morgan fingerprint density at radius 3 is 2.59 bits per heavy atom. The SMILES string of the molecule is C/N=C/c1nc(Nc2cc([C@H](C)CC(=O)O)ccc2N(CC(C)C)c2ccc(OC)cc2)n[nH]1. The molecule has 2 aromatic carbocycles. The number of aliphatic carboxylic acids is 1. The Labute approximate surface area is 199 Å². The Morgan fingerprint density at radius 1 is 1.24 bits per heavy atom. The minimum Gasteiger partial charge on any atom is -0.497 e. The molecule has 0 saturated heterocycles. The van der Waals surface area contributed by atoms with Crippen molar-refractivity contribution in [3.8, 4) is 5.75 Å². The molecule has 3 aromatic rings. The fourth-order valence-electron chi connectivity index (χ4n) is 3.68. The van der Waals surface area contributed by atoms with Crippen LogP contribution in [-0.4, -0.2) is 53.2 Å². The Hall–Kier alpha value is -3.88. The van der Waals surface area contributed by atoms with Gasteiger partial charge in [-0.2, -0.15) is 4.98 Å². The molecule has 1 aromatic heterocycles. The molecule has 0 radical (unpaired) electrons. The van der Waals surface area contributed by atoms with Gasteiger partial charge in [-0.3, -0.25) is 14.9 Å².